The van der Waals surface area contributed by atoms with E-state index in [0.717, 1.165) is 35.6 Å². The van der Waals surface area contributed by atoms with Crippen LogP contribution in [0.2, 0.25) is 0 Å². The van der Waals surface area contributed by atoms with Gasteiger partial charge >= 0.3 is 0 Å². The first-order valence-corrected chi connectivity index (χ1v) is 15.4. The van der Waals surface area contributed by atoms with Gasteiger partial charge in [-0.25, -0.2) is 0 Å². The van der Waals surface area contributed by atoms with Crippen LogP contribution in [0, 0.1) is 0 Å². The molecular weight excluding hydrogens is 512 g/mol. The van der Waals surface area contributed by atoms with E-state index in [1.165, 1.54) is 33.4 Å². The smallest absolute Gasteiger partial charge is 0.0695 e. The van der Waals surface area contributed by atoms with E-state index in [1.54, 1.807) is 0 Å². The zero-order chi connectivity index (χ0) is 30.2. The number of nitrogens with zero attached hydrogens (tertiary/aromatic N) is 4. The Hall–Kier alpha value is -3.92. The van der Waals surface area contributed by atoms with Crippen molar-refractivity contribution in [1.29, 1.82) is 0 Å². The average molecular weight is 559 g/mol. The molecule has 2 aromatic carbocycles. The predicted octanol–water partition coefficient (Wildman–Crippen LogP) is 10.5. The zero-order valence-corrected chi connectivity index (χ0v) is 26.6. The molecule has 0 saturated heterocycles. The lowest BCUT2D eigenvalue weighted by molar-refractivity contribution is 0.831. The summed E-state index contributed by atoms with van der Waals surface area (Å²) in [5.41, 5.74) is 11.9. The number of hydrogen-bond donors (Lipinski definition) is 0. The Kier molecular flexibility index (Phi) is 10.6. The molecule has 0 amide bonds. The van der Waals surface area contributed by atoms with E-state index < -0.39 is 0 Å². The highest BCUT2D eigenvalue weighted by Gasteiger charge is 2.20. The van der Waals surface area contributed by atoms with Crippen LogP contribution in [-0.2, 0) is 12.8 Å². The van der Waals surface area contributed by atoms with Crippen molar-refractivity contribution in [1.82, 2.24) is 9.97 Å². The van der Waals surface area contributed by atoms with E-state index in [2.05, 4.69) is 89.6 Å². The van der Waals surface area contributed by atoms with Gasteiger partial charge in [-0.2, -0.15) is 0 Å². The summed E-state index contributed by atoms with van der Waals surface area (Å²) in [6.07, 6.45) is 9.14. The van der Waals surface area contributed by atoms with Crippen LogP contribution in [0.25, 0.3) is 11.1 Å². The summed E-state index contributed by atoms with van der Waals surface area (Å²) >= 11 is 0. The van der Waals surface area contributed by atoms with Crippen LogP contribution in [-0.4, -0.2) is 22.4 Å². The fraction of sp³-hybridized carbons (Fsp3) is 0.368. The molecule has 4 rings (SSSR count). The molecule has 42 heavy (non-hydrogen) atoms. The van der Waals surface area contributed by atoms with Crippen molar-refractivity contribution in [3.05, 3.63) is 107 Å². The lowest BCUT2D eigenvalue weighted by atomic mass is 9.85. The summed E-state index contributed by atoms with van der Waals surface area (Å²) in [6, 6.07) is 21.5. The topological polar surface area (TPSA) is 50.5 Å². The molecular formula is C38H46N4. The van der Waals surface area contributed by atoms with Gasteiger partial charge < -0.3 is 0 Å². The Labute approximate surface area is 253 Å². The molecule has 2 aromatic heterocycles. The van der Waals surface area contributed by atoms with Gasteiger partial charge in [-0.15, -0.1) is 0 Å². The monoisotopic (exact) mass is 558 g/mol. The summed E-state index contributed by atoms with van der Waals surface area (Å²) in [5.74, 6) is 1.37. The highest BCUT2D eigenvalue weighted by Crippen LogP contribution is 2.42. The molecule has 218 valence electrons. The van der Waals surface area contributed by atoms with Crippen LogP contribution < -0.4 is 0 Å². The van der Waals surface area contributed by atoms with Crippen LogP contribution in [0.4, 0.5) is 11.4 Å². The van der Waals surface area contributed by atoms with Gasteiger partial charge in [-0.05, 0) is 106 Å². The first-order chi connectivity index (χ1) is 20.2. The Morgan fingerprint density at radius 1 is 0.524 bits per heavy atom. The maximum Gasteiger partial charge on any atom is 0.0695 e. The van der Waals surface area contributed by atoms with Gasteiger partial charge in [-0.1, -0.05) is 67.5 Å². The molecule has 4 heteroatoms. The normalized spacial score (nSPS) is 12.2. The van der Waals surface area contributed by atoms with E-state index in [4.69, 9.17) is 9.98 Å². The Morgan fingerprint density at radius 3 is 1.12 bits per heavy atom. The third-order valence-corrected chi connectivity index (χ3v) is 7.65. The van der Waals surface area contributed by atoms with Crippen molar-refractivity contribution in [3.63, 3.8) is 0 Å². The average Bonchev–Trinajstić information content (AvgIpc) is 2.97. The van der Waals surface area contributed by atoms with Crippen molar-refractivity contribution in [2.75, 3.05) is 0 Å². The molecule has 0 N–H and O–H groups in total. The van der Waals surface area contributed by atoms with Gasteiger partial charge in [0, 0.05) is 49.1 Å². The van der Waals surface area contributed by atoms with E-state index >= 15 is 0 Å². The molecule has 0 fully saturated rings. The summed E-state index contributed by atoms with van der Waals surface area (Å²) in [5, 5.41) is 0. The quantitative estimate of drug-likeness (QED) is 0.172. The number of hydrogen-bond acceptors (Lipinski definition) is 4. The van der Waals surface area contributed by atoms with Gasteiger partial charge in [-0.3, -0.25) is 20.0 Å². The van der Waals surface area contributed by atoms with E-state index in [0.29, 0.717) is 23.7 Å². The maximum atomic E-state index is 5.05. The molecule has 2 heterocycles. The second-order valence-corrected chi connectivity index (χ2v) is 12.3. The summed E-state index contributed by atoms with van der Waals surface area (Å²) in [6.45, 7) is 18.1. The van der Waals surface area contributed by atoms with Gasteiger partial charge in [0.15, 0.2) is 0 Å². The summed E-state index contributed by atoms with van der Waals surface area (Å²) in [4.78, 5) is 19.0. The van der Waals surface area contributed by atoms with E-state index in [9.17, 15) is 0 Å². The van der Waals surface area contributed by atoms with Crippen molar-refractivity contribution < 1.29 is 0 Å². The standard InChI is InChI=1S/C38H46N4/c1-25(2)33-21-29(22-34(26(3)4)37(33)41-19-15-31-13-9-11-17-39-31)30-23-35(27(5)6)38(36(24-30)28(7)8)42-20-16-32-14-10-12-18-40-32/h9-14,17-28H,15-16H2,1-8H3. The number of aliphatic imine (C=N–C) groups is 2. The molecule has 0 unspecified atom stereocenters. The third-order valence-electron chi connectivity index (χ3n) is 7.65. The van der Waals surface area contributed by atoms with Gasteiger partial charge in [0.25, 0.3) is 0 Å². The van der Waals surface area contributed by atoms with Crippen LogP contribution >= 0.6 is 0 Å². The van der Waals surface area contributed by atoms with Crippen molar-refractivity contribution >= 4 is 23.8 Å². The Balaban J connectivity index is 1.80. The van der Waals surface area contributed by atoms with Gasteiger partial charge in [0.1, 0.15) is 0 Å². The van der Waals surface area contributed by atoms with Gasteiger partial charge in [0.2, 0.25) is 0 Å². The third kappa shape index (κ3) is 7.67. The SMILES string of the molecule is CC(C)c1cc(-c2cc(C(C)C)c(N=CCc3ccccn3)c(C(C)C)c2)cc(C(C)C)c1N=CCc1ccccn1. The maximum absolute atomic E-state index is 5.05. The number of rotatable bonds is 11. The lowest BCUT2D eigenvalue weighted by Gasteiger charge is -2.22. The van der Waals surface area contributed by atoms with Crippen molar-refractivity contribution in [3.8, 4) is 11.1 Å². The highest BCUT2D eigenvalue weighted by molar-refractivity contribution is 5.78. The molecule has 0 aliphatic rings. The summed E-state index contributed by atoms with van der Waals surface area (Å²) < 4.78 is 0. The van der Waals surface area contributed by atoms with E-state index in [1.807, 2.05) is 61.2 Å². The minimum Gasteiger partial charge on any atom is -0.261 e. The zero-order valence-electron chi connectivity index (χ0n) is 26.6. The fourth-order valence-corrected chi connectivity index (χ4v) is 5.25. The lowest BCUT2D eigenvalue weighted by Crippen LogP contribution is -2.01. The minimum atomic E-state index is 0.342. The Morgan fingerprint density at radius 2 is 0.857 bits per heavy atom. The first kappa shape index (κ1) is 31.0. The number of aromatic nitrogens is 2. The largest absolute Gasteiger partial charge is 0.261 e. The number of pyridine rings is 2. The second kappa shape index (κ2) is 14.3. The van der Waals surface area contributed by atoms with E-state index in [-0.39, 0.29) is 0 Å². The number of benzene rings is 2. The molecule has 4 nitrogen and oxygen atoms in total. The van der Waals surface area contributed by atoms with Crippen molar-refractivity contribution in [2.45, 2.75) is 91.9 Å². The molecule has 0 saturated carbocycles. The van der Waals surface area contributed by atoms with Gasteiger partial charge in [0.05, 0.1) is 11.4 Å². The fourth-order valence-electron chi connectivity index (χ4n) is 5.25. The molecule has 0 spiro atoms. The first-order valence-electron chi connectivity index (χ1n) is 15.4. The van der Waals surface area contributed by atoms with Crippen LogP contribution in [0.1, 0.15) is 113 Å². The minimum absolute atomic E-state index is 0.342. The Bertz CT molecular complexity index is 1340. The molecule has 0 radical (unpaired) electrons. The van der Waals surface area contributed by atoms with Crippen LogP contribution in [0.3, 0.4) is 0 Å². The molecule has 0 atom stereocenters. The van der Waals surface area contributed by atoms with Crippen molar-refractivity contribution in [2.24, 2.45) is 9.98 Å². The predicted molar refractivity (Wildman–Crippen MR) is 180 cm³/mol. The molecule has 4 aromatic rings. The van der Waals surface area contributed by atoms with Crippen LogP contribution in [0.5, 0.6) is 0 Å². The second-order valence-electron chi connectivity index (χ2n) is 12.3. The highest BCUT2D eigenvalue weighted by atomic mass is 14.8. The summed E-state index contributed by atoms with van der Waals surface area (Å²) in [7, 11) is 0. The molecule has 0 aliphatic heterocycles. The molecule has 0 bridgehead atoms. The molecule has 0 aliphatic carbocycles. The van der Waals surface area contributed by atoms with Crippen LogP contribution in [0.15, 0.2) is 83.0 Å².